The first-order valence-corrected chi connectivity index (χ1v) is 11.1. The van der Waals surface area contributed by atoms with Crippen LogP contribution in [0.1, 0.15) is 6.42 Å². The Balaban J connectivity index is 1.48. The fourth-order valence-corrected chi connectivity index (χ4v) is 4.49. The Hall–Kier alpha value is -1.94. The molecule has 1 aliphatic rings. The van der Waals surface area contributed by atoms with Crippen LogP contribution in [0.25, 0.3) is 0 Å². The Morgan fingerprint density at radius 3 is 2.41 bits per heavy atom. The highest BCUT2D eigenvalue weighted by atomic mass is 35.5. The number of hydrogen-bond donors (Lipinski definition) is 1. The molecule has 0 unspecified atom stereocenters. The van der Waals surface area contributed by atoms with Gasteiger partial charge in [0.1, 0.15) is 11.6 Å². The fraction of sp³-hybridized carbons (Fsp3) is 0.333. The number of carbonyl (C=O) groups is 1. The molecule has 0 aliphatic carbocycles. The molecular weight excluding hydrogens is 442 g/mol. The smallest absolute Gasteiger partial charge is 0.240 e. The summed E-state index contributed by atoms with van der Waals surface area (Å²) in [4.78, 5) is 20.2. The largest absolute Gasteiger partial charge is 0.352 e. The lowest BCUT2D eigenvalue weighted by atomic mass is 10.2. The Labute approximate surface area is 178 Å². The van der Waals surface area contributed by atoms with Crippen LogP contribution >= 0.6 is 23.2 Å². The summed E-state index contributed by atoms with van der Waals surface area (Å²) in [6, 6.07) is 6.11. The van der Waals surface area contributed by atoms with Crippen LogP contribution in [0.15, 0.2) is 41.4 Å². The number of anilines is 1. The predicted molar refractivity (Wildman–Crippen MR) is 109 cm³/mol. The van der Waals surface area contributed by atoms with E-state index in [2.05, 4.69) is 9.71 Å². The van der Waals surface area contributed by atoms with Crippen LogP contribution in [0, 0.1) is 5.82 Å². The average molecular weight is 461 g/mol. The number of pyridine rings is 1. The zero-order chi connectivity index (χ0) is 21.0. The summed E-state index contributed by atoms with van der Waals surface area (Å²) in [7, 11) is -3.79. The molecule has 11 heteroatoms. The molecule has 7 nitrogen and oxygen atoms in total. The van der Waals surface area contributed by atoms with E-state index in [0.717, 1.165) is 12.1 Å². The maximum atomic E-state index is 12.9. The molecular formula is C18H19Cl2FN4O3S. The molecule has 1 aliphatic heterocycles. The van der Waals surface area contributed by atoms with E-state index in [-0.39, 0.29) is 23.8 Å². The van der Waals surface area contributed by atoms with Gasteiger partial charge < -0.3 is 9.80 Å². The van der Waals surface area contributed by atoms with Crippen LogP contribution in [0.2, 0.25) is 10.0 Å². The minimum Gasteiger partial charge on any atom is -0.352 e. The molecule has 1 N–H and O–H groups in total. The van der Waals surface area contributed by atoms with Gasteiger partial charge in [0.25, 0.3) is 0 Å². The minimum absolute atomic E-state index is 0.0282. The Bertz CT molecular complexity index is 981. The maximum absolute atomic E-state index is 12.9. The van der Waals surface area contributed by atoms with Gasteiger partial charge in [-0.1, -0.05) is 23.2 Å². The van der Waals surface area contributed by atoms with Gasteiger partial charge in [-0.05, 0) is 30.3 Å². The number of carbonyl (C=O) groups excluding carboxylic acids is 1. The average Bonchev–Trinajstić information content (AvgIpc) is 2.68. The monoisotopic (exact) mass is 460 g/mol. The predicted octanol–water partition coefficient (Wildman–Crippen LogP) is 2.54. The van der Waals surface area contributed by atoms with E-state index < -0.39 is 15.8 Å². The van der Waals surface area contributed by atoms with Crippen LogP contribution in [-0.2, 0) is 14.8 Å². The zero-order valence-corrected chi connectivity index (χ0v) is 17.6. The maximum Gasteiger partial charge on any atom is 0.240 e. The summed E-state index contributed by atoms with van der Waals surface area (Å²) in [6.07, 6.45) is 1.55. The molecule has 1 aromatic heterocycles. The van der Waals surface area contributed by atoms with E-state index in [1.165, 1.54) is 18.3 Å². The summed E-state index contributed by atoms with van der Waals surface area (Å²) in [5.74, 6) is -0.0507. The SMILES string of the molecule is O=C(CCNS(=O)(=O)c1ccc(F)cc1)N1CCN(c2ncc(Cl)cc2Cl)CC1. The Morgan fingerprint density at radius 1 is 1.14 bits per heavy atom. The summed E-state index contributed by atoms with van der Waals surface area (Å²) in [5, 5.41) is 0.906. The number of amides is 1. The summed E-state index contributed by atoms with van der Waals surface area (Å²) in [6.45, 7) is 2.03. The van der Waals surface area contributed by atoms with Crippen molar-refractivity contribution in [1.29, 1.82) is 0 Å². The summed E-state index contributed by atoms with van der Waals surface area (Å²) in [5.41, 5.74) is 0. The van der Waals surface area contributed by atoms with Crippen molar-refractivity contribution in [3.63, 3.8) is 0 Å². The number of sulfonamides is 1. The van der Waals surface area contributed by atoms with E-state index in [1.54, 1.807) is 11.0 Å². The van der Waals surface area contributed by atoms with Gasteiger partial charge in [-0.15, -0.1) is 0 Å². The summed E-state index contributed by atoms with van der Waals surface area (Å²) < 4.78 is 39.6. The molecule has 0 bridgehead atoms. The Morgan fingerprint density at radius 2 is 1.79 bits per heavy atom. The lowest BCUT2D eigenvalue weighted by molar-refractivity contribution is -0.131. The van der Waals surface area contributed by atoms with E-state index in [0.29, 0.717) is 42.0 Å². The third kappa shape index (κ3) is 5.57. The molecule has 0 radical (unpaired) electrons. The highest BCUT2D eigenvalue weighted by Crippen LogP contribution is 2.26. The fourth-order valence-electron chi connectivity index (χ4n) is 2.96. The normalized spacial score (nSPS) is 14.9. The number of piperazine rings is 1. The molecule has 2 aromatic rings. The number of nitrogens with zero attached hydrogens (tertiary/aromatic N) is 3. The molecule has 0 spiro atoms. The van der Waals surface area contributed by atoms with Crippen LogP contribution in [0.4, 0.5) is 10.2 Å². The second-order valence-corrected chi connectivity index (χ2v) is 9.04. The van der Waals surface area contributed by atoms with Gasteiger partial charge in [-0.3, -0.25) is 4.79 Å². The molecule has 3 rings (SSSR count). The lowest BCUT2D eigenvalue weighted by Gasteiger charge is -2.35. The Kier molecular flexibility index (Phi) is 6.94. The van der Waals surface area contributed by atoms with Crippen LogP contribution in [-0.4, -0.2) is 56.9 Å². The van der Waals surface area contributed by atoms with E-state index in [9.17, 15) is 17.6 Å². The van der Waals surface area contributed by atoms with Crippen molar-refractivity contribution in [2.45, 2.75) is 11.3 Å². The first kappa shape index (κ1) is 21.8. The first-order valence-electron chi connectivity index (χ1n) is 8.85. The third-order valence-corrected chi connectivity index (χ3v) is 6.44. The van der Waals surface area contributed by atoms with Gasteiger partial charge in [0, 0.05) is 45.3 Å². The van der Waals surface area contributed by atoms with Gasteiger partial charge in [-0.2, -0.15) is 0 Å². The highest BCUT2D eigenvalue weighted by molar-refractivity contribution is 7.89. The molecule has 2 heterocycles. The quantitative estimate of drug-likeness (QED) is 0.715. The van der Waals surface area contributed by atoms with Crippen molar-refractivity contribution in [1.82, 2.24) is 14.6 Å². The second kappa shape index (κ2) is 9.25. The van der Waals surface area contributed by atoms with Gasteiger partial charge >= 0.3 is 0 Å². The number of aromatic nitrogens is 1. The molecule has 156 valence electrons. The van der Waals surface area contributed by atoms with Gasteiger partial charge in [0.05, 0.1) is 14.9 Å². The van der Waals surface area contributed by atoms with Crippen molar-refractivity contribution < 1.29 is 17.6 Å². The molecule has 1 amide bonds. The molecule has 1 fully saturated rings. The van der Waals surface area contributed by atoms with Crippen molar-refractivity contribution in [2.24, 2.45) is 0 Å². The second-order valence-electron chi connectivity index (χ2n) is 6.43. The summed E-state index contributed by atoms with van der Waals surface area (Å²) >= 11 is 12.0. The standard InChI is InChI=1S/C18H19Cl2FN4O3S/c19-13-11-16(20)18(22-12-13)25-9-7-24(8-10-25)17(26)5-6-23-29(27,28)15-3-1-14(21)2-4-15/h1-4,11-12,23H,5-10H2. The van der Waals surface area contributed by atoms with Gasteiger partial charge in [0.15, 0.2) is 0 Å². The number of rotatable bonds is 6. The molecule has 1 aromatic carbocycles. The number of benzene rings is 1. The molecule has 29 heavy (non-hydrogen) atoms. The number of hydrogen-bond acceptors (Lipinski definition) is 5. The molecule has 0 atom stereocenters. The van der Waals surface area contributed by atoms with Crippen molar-refractivity contribution in [3.8, 4) is 0 Å². The topological polar surface area (TPSA) is 82.6 Å². The van der Waals surface area contributed by atoms with Crippen molar-refractivity contribution in [2.75, 3.05) is 37.6 Å². The first-order chi connectivity index (χ1) is 13.8. The molecule has 0 saturated carbocycles. The van der Waals surface area contributed by atoms with Gasteiger partial charge in [0.2, 0.25) is 15.9 Å². The van der Waals surface area contributed by atoms with Crippen LogP contribution in [0.3, 0.4) is 0 Å². The van der Waals surface area contributed by atoms with E-state index in [4.69, 9.17) is 23.2 Å². The number of halogens is 3. The lowest BCUT2D eigenvalue weighted by Crippen LogP contribution is -2.49. The van der Waals surface area contributed by atoms with Gasteiger partial charge in [-0.25, -0.2) is 22.5 Å². The third-order valence-electron chi connectivity index (χ3n) is 4.48. The molecule has 1 saturated heterocycles. The van der Waals surface area contributed by atoms with Crippen molar-refractivity contribution >= 4 is 45.0 Å². The number of nitrogens with one attached hydrogen (secondary N) is 1. The van der Waals surface area contributed by atoms with Crippen molar-refractivity contribution in [3.05, 3.63) is 52.4 Å². The minimum atomic E-state index is -3.79. The highest BCUT2D eigenvalue weighted by Gasteiger charge is 2.23. The van der Waals surface area contributed by atoms with E-state index in [1.807, 2.05) is 4.90 Å². The van der Waals surface area contributed by atoms with E-state index >= 15 is 0 Å². The van der Waals surface area contributed by atoms with Crippen LogP contribution < -0.4 is 9.62 Å². The zero-order valence-electron chi connectivity index (χ0n) is 15.3. The van der Waals surface area contributed by atoms with Crippen LogP contribution in [0.5, 0.6) is 0 Å².